The molecular formula is C21H24N2O5S. The third kappa shape index (κ3) is 4.65. The Balaban J connectivity index is 1.65. The van der Waals surface area contributed by atoms with Crippen molar-refractivity contribution in [2.45, 2.75) is 18.7 Å². The van der Waals surface area contributed by atoms with E-state index in [0.29, 0.717) is 24.2 Å². The van der Waals surface area contributed by atoms with Crippen molar-refractivity contribution < 1.29 is 22.7 Å². The molecule has 0 aliphatic carbocycles. The van der Waals surface area contributed by atoms with E-state index in [4.69, 9.17) is 4.74 Å². The van der Waals surface area contributed by atoms with Crippen molar-refractivity contribution in [1.29, 1.82) is 0 Å². The first-order valence-electron chi connectivity index (χ1n) is 9.46. The zero-order chi connectivity index (χ0) is 21.0. The van der Waals surface area contributed by atoms with E-state index in [-0.39, 0.29) is 30.5 Å². The fraction of sp³-hybridized carbons (Fsp3) is 0.333. The summed E-state index contributed by atoms with van der Waals surface area (Å²) >= 11 is 0. The van der Waals surface area contributed by atoms with Crippen LogP contribution in [0.25, 0.3) is 0 Å². The molecule has 0 N–H and O–H groups in total. The van der Waals surface area contributed by atoms with Crippen LogP contribution in [-0.2, 0) is 14.8 Å². The van der Waals surface area contributed by atoms with Gasteiger partial charge in [0.15, 0.2) is 0 Å². The number of esters is 1. The molecule has 1 heterocycles. The summed E-state index contributed by atoms with van der Waals surface area (Å²) in [5, 5.41) is 0. The van der Waals surface area contributed by atoms with Crippen LogP contribution in [0.4, 0.5) is 0 Å². The van der Waals surface area contributed by atoms with Crippen LogP contribution in [0.5, 0.6) is 0 Å². The number of carbonyl (C=O) groups excluding carboxylic acids is 2. The molecule has 7 nitrogen and oxygen atoms in total. The lowest BCUT2D eigenvalue weighted by Crippen LogP contribution is -2.50. The molecule has 2 aromatic carbocycles. The van der Waals surface area contributed by atoms with Crippen molar-refractivity contribution in [3.8, 4) is 0 Å². The largest absolute Gasteiger partial charge is 0.462 e. The van der Waals surface area contributed by atoms with Crippen molar-refractivity contribution in [2.75, 3.05) is 32.8 Å². The molecule has 0 radical (unpaired) electrons. The van der Waals surface area contributed by atoms with Crippen LogP contribution in [-0.4, -0.2) is 62.3 Å². The third-order valence-electron chi connectivity index (χ3n) is 4.83. The molecule has 0 bridgehead atoms. The van der Waals surface area contributed by atoms with E-state index in [1.807, 2.05) is 19.1 Å². The maximum absolute atomic E-state index is 12.9. The Morgan fingerprint density at radius 2 is 1.45 bits per heavy atom. The van der Waals surface area contributed by atoms with Gasteiger partial charge in [0.1, 0.15) is 0 Å². The van der Waals surface area contributed by atoms with Gasteiger partial charge in [0.25, 0.3) is 5.91 Å². The van der Waals surface area contributed by atoms with Gasteiger partial charge in [-0.2, -0.15) is 4.31 Å². The fourth-order valence-corrected chi connectivity index (χ4v) is 4.56. The van der Waals surface area contributed by atoms with Crippen molar-refractivity contribution in [3.05, 3.63) is 65.2 Å². The molecule has 1 fully saturated rings. The number of amides is 1. The summed E-state index contributed by atoms with van der Waals surface area (Å²) < 4.78 is 32.0. The van der Waals surface area contributed by atoms with E-state index in [0.717, 1.165) is 5.56 Å². The van der Waals surface area contributed by atoms with E-state index in [1.165, 1.54) is 28.6 Å². The Morgan fingerprint density at radius 1 is 0.897 bits per heavy atom. The summed E-state index contributed by atoms with van der Waals surface area (Å²) in [4.78, 5) is 26.1. The Labute approximate surface area is 170 Å². The molecule has 0 saturated carbocycles. The first kappa shape index (κ1) is 21.0. The highest BCUT2D eigenvalue weighted by Gasteiger charge is 2.30. The summed E-state index contributed by atoms with van der Waals surface area (Å²) in [5.41, 5.74) is 1.98. The monoisotopic (exact) mass is 416 g/mol. The first-order valence-corrected chi connectivity index (χ1v) is 10.9. The second-order valence-electron chi connectivity index (χ2n) is 6.81. The number of ether oxygens (including phenoxy) is 1. The molecule has 0 unspecified atom stereocenters. The molecule has 0 spiro atoms. The van der Waals surface area contributed by atoms with Gasteiger partial charge in [-0.1, -0.05) is 17.7 Å². The Morgan fingerprint density at radius 3 is 2.00 bits per heavy atom. The Kier molecular flexibility index (Phi) is 6.34. The number of hydrogen-bond donors (Lipinski definition) is 0. The number of sulfonamides is 1. The summed E-state index contributed by atoms with van der Waals surface area (Å²) in [6.07, 6.45) is 0. The molecule has 2 aromatic rings. The standard InChI is InChI=1S/C21H24N2O5S/c1-3-28-21(25)18-8-10-19(11-9-18)29(26,27)23-14-12-22(13-15-23)20(24)17-6-4-16(2)5-7-17/h4-11H,3,12-15H2,1-2H3. The van der Waals surface area contributed by atoms with Gasteiger partial charge >= 0.3 is 5.97 Å². The molecule has 0 atom stereocenters. The highest BCUT2D eigenvalue weighted by molar-refractivity contribution is 7.89. The van der Waals surface area contributed by atoms with Crippen molar-refractivity contribution in [1.82, 2.24) is 9.21 Å². The molecule has 3 rings (SSSR count). The normalized spacial score (nSPS) is 15.2. The van der Waals surface area contributed by atoms with Crippen LogP contribution in [0.1, 0.15) is 33.2 Å². The summed E-state index contributed by atoms with van der Waals surface area (Å²) in [5.74, 6) is -0.583. The quantitative estimate of drug-likeness (QED) is 0.699. The van der Waals surface area contributed by atoms with Crippen LogP contribution in [0.3, 0.4) is 0 Å². The number of hydrogen-bond acceptors (Lipinski definition) is 5. The zero-order valence-corrected chi connectivity index (χ0v) is 17.3. The van der Waals surface area contributed by atoms with Crippen LogP contribution >= 0.6 is 0 Å². The van der Waals surface area contributed by atoms with Gasteiger partial charge < -0.3 is 9.64 Å². The number of aryl methyl sites for hydroxylation is 1. The Hall–Kier alpha value is -2.71. The third-order valence-corrected chi connectivity index (χ3v) is 6.74. The smallest absolute Gasteiger partial charge is 0.338 e. The topological polar surface area (TPSA) is 84.0 Å². The second-order valence-corrected chi connectivity index (χ2v) is 8.75. The van der Waals surface area contributed by atoms with Crippen LogP contribution in [0.15, 0.2) is 53.4 Å². The van der Waals surface area contributed by atoms with Crippen molar-refractivity contribution >= 4 is 21.9 Å². The van der Waals surface area contributed by atoms with Gasteiger partial charge in [-0.05, 0) is 50.2 Å². The molecule has 154 valence electrons. The minimum atomic E-state index is -3.69. The molecule has 1 saturated heterocycles. The SMILES string of the molecule is CCOC(=O)c1ccc(S(=O)(=O)N2CCN(C(=O)c3ccc(C)cc3)CC2)cc1. The Bertz CT molecular complexity index is 977. The molecule has 1 amide bonds. The minimum absolute atomic E-state index is 0.0964. The number of carbonyl (C=O) groups is 2. The molecular weight excluding hydrogens is 392 g/mol. The average Bonchev–Trinajstić information content (AvgIpc) is 2.74. The van der Waals surface area contributed by atoms with E-state index in [2.05, 4.69) is 0 Å². The van der Waals surface area contributed by atoms with Gasteiger partial charge in [-0.3, -0.25) is 4.79 Å². The number of nitrogens with zero attached hydrogens (tertiary/aromatic N) is 2. The highest BCUT2D eigenvalue weighted by Crippen LogP contribution is 2.19. The first-order chi connectivity index (χ1) is 13.8. The summed E-state index contributed by atoms with van der Waals surface area (Å²) in [7, 11) is -3.69. The predicted molar refractivity (Wildman–Crippen MR) is 108 cm³/mol. The summed E-state index contributed by atoms with van der Waals surface area (Å²) in [6.45, 7) is 5.01. The molecule has 0 aromatic heterocycles. The molecule has 29 heavy (non-hydrogen) atoms. The lowest BCUT2D eigenvalue weighted by molar-refractivity contribution is 0.0526. The maximum Gasteiger partial charge on any atom is 0.338 e. The summed E-state index contributed by atoms with van der Waals surface area (Å²) in [6, 6.07) is 13.0. The zero-order valence-electron chi connectivity index (χ0n) is 16.5. The van der Waals surface area contributed by atoms with E-state index < -0.39 is 16.0 Å². The van der Waals surface area contributed by atoms with Gasteiger partial charge in [-0.15, -0.1) is 0 Å². The van der Waals surface area contributed by atoms with E-state index in [1.54, 1.807) is 24.0 Å². The van der Waals surface area contributed by atoms with Crippen LogP contribution in [0, 0.1) is 6.92 Å². The van der Waals surface area contributed by atoms with E-state index in [9.17, 15) is 18.0 Å². The van der Waals surface area contributed by atoms with Crippen molar-refractivity contribution in [3.63, 3.8) is 0 Å². The van der Waals surface area contributed by atoms with Crippen molar-refractivity contribution in [2.24, 2.45) is 0 Å². The van der Waals surface area contributed by atoms with E-state index >= 15 is 0 Å². The van der Waals surface area contributed by atoms with Gasteiger partial charge in [0, 0.05) is 31.7 Å². The average molecular weight is 416 g/mol. The van der Waals surface area contributed by atoms with Gasteiger partial charge in [-0.25, -0.2) is 13.2 Å². The van der Waals surface area contributed by atoms with Crippen LogP contribution in [0.2, 0.25) is 0 Å². The lowest BCUT2D eigenvalue weighted by atomic mass is 10.1. The molecule has 1 aliphatic rings. The minimum Gasteiger partial charge on any atom is -0.462 e. The van der Waals surface area contributed by atoms with Crippen LogP contribution < -0.4 is 0 Å². The number of rotatable bonds is 5. The lowest BCUT2D eigenvalue weighted by Gasteiger charge is -2.34. The highest BCUT2D eigenvalue weighted by atomic mass is 32.2. The number of benzene rings is 2. The van der Waals surface area contributed by atoms with Gasteiger partial charge in [0.05, 0.1) is 17.1 Å². The predicted octanol–water partition coefficient (Wildman–Crippen LogP) is 2.32. The maximum atomic E-state index is 12.9. The fourth-order valence-electron chi connectivity index (χ4n) is 3.14. The molecule has 1 aliphatic heterocycles. The van der Waals surface area contributed by atoms with Gasteiger partial charge in [0.2, 0.25) is 10.0 Å². The molecule has 8 heteroatoms. The number of piperazine rings is 1. The second kappa shape index (κ2) is 8.75.